The summed E-state index contributed by atoms with van der Waals surface area (Å²) < 4.78 is 0. The second-order valence-electron chi connectivity index (χ2n) is 6.91. The average molecular weight is 363 g/mol. The summed E-state index contributed by atoms with van der Waals surface area (Å²) in [5.41, 5.74) is 5.78. The minimum Gasteiger partial charge on any atom is -0.322 e. The number of hydrogen-bond donors (Lipinski definition) is 2. The summed E-state index contributed by atoms with van der Waals surface area (Å²) >= 11 is 6.06. The summed E-state index contributed by atoms with van der Waals surface area (Å²) in [6.45, 7) is 1.99. The highest BCUT2D eigenvalue weighted by Gasteiger charge is 2.24. The summed E-state index contributed by atoms with van der Waals surface area (Å²) in [6.07, 6.45) is 0.911. The molecule has 2 N–H and O–H groups in total. The van der Waals surface area contributed by atoms with Crippen LogP contribution in [0.3, 0.4) is 0 Å². The van der Waals surface area contributed by atoms with Crippen molar-refractivity contribution in [3.05, 3.63) is 89.9 Å². The minimum absolute atomic E-state index is 0.0776. The predicted octanol–water partition coefficient (Wildman–Crippen LogP) is 3.83. The highest BCUT2D eigenvalue weighted by atomic mass is 35.5. The molecule has 2 aromatic heterocycles. The Labute approximate surface area is 153 Å². The molecule has 2 heterocycles. The van der Waals surface area contributed by atoms with Gasteiger partial charge < -0.3 is 9.97 Å². The number of fused-ring (bicyclic) bond motifs is 6. The molecule has 0 spiro atoms. The van der Waals surface area contributed by atoms with E-state index in [2.05, 4.69) is 9.97 Å². The molecule has 2 aromatic carbocycles. The van der Waals surface area contributed by atoms with Gasteiger partial charge in [0.05, 0.1) is 5.52 Å². The molecule has 4 nitrogen and oxygen atoms in total. The third-order valence-electron chi connectivity index (χ3n) is 5.29. The van der Waals surface area contributed by atoms with Crippen LogP contribution in [0.25, 0.3) is 21.8 Å². The van der Waals surface area contributed by atoms with Crippen LogP contribution in [0.5, 0.6) is 0 Å². The van der Waals surface area contributed by atoms with Crippen molar-refractivity contribution in [1.82, 2.24) is 9.97 Å². The van der Waals surface area contributed by atoms with E-state index in [1.165, 1.54) is 0 Å². The Kier molecular flexibility index (Phi) is 3.15. The lowest BCUT2D eigenvalue weighted by Crippen LogP contribution is -2.26. The van der Waals surface area contributed by atoms with E-state index in [4.69, 9.17) is 11.6 Å². The van der Waals surface area contributed by atoms with Crippen LogP contribution in [0.15, 0.2) is 46.0 Å². The Morgan fingerprint density at radius 2 is 1.31 bits per heavy atom. The molecule has 1 aliphatic carbocycles. The van der Waals surface area contributed by atoms with Crippen LogP contribution in [0, 0.1) is 6.92 Å². The van der Waals surface area contributed by atoms with Crippen LogP contribution >= 0.6 is 11.6 Å². The van der Waals surface area contributed by atoms with Crippen LogP contribution in [0.2, 0.25) is 5.02 Å². The van der Waals surface area contributed by atoms with Gasteiger partial charge in [-0.3, -0.25) is 9.59 Å². The monoisotopic (exact) mass is 362 g/mol. The van der Waals surface area contributed by atoms with Gasteiger partial charge in [0.25, 0.3) is 11.1 Å². The summed E-state index contributed by atoms with van der Waals surface area (Å²) in [7, 11) is 0. The molecule has 1 aliphatic rings. The van der Waals surface area contributed by atoms with Crippen molar-refractivity contribution in [2.24, 2.45) is 0 Å². The van der Waals surface area contributed by atoms with Crippen LogP contribution in [-0.4, -0.2) is 9.97 Å². The molecule has 0 radical (unpaired) electrons. The fraction of sp³-hybridized carbons (Fsp3) is 0.143. The molecule has 0 saturated heterocycles. The van der Waals surface area contributed by atoms with Gasteiger partial charge in [-0.2, -0.15) is 0 Å². The quantitative estimate of drug-likeness (QED) is 0.439. The van der Waals surface area contributed by atoms with Crippen LogP contribution < -0.4 is 11.1 Å². The third-order valence-corrected chi connectivity index (χ3v) is 5.52. The zero-order chi connectivity index (χ0) is 18.0. The number of aromatic amines is 2. The second kappa shape index (κ2) is 5.32. The Bertz CT molecular complexity index is 1240. The van der Waals surface area contributed by atoms with Gasteiger partial charge in [0.15, 0.2) is 0 Å². The Morgan fingerprint density at radius 3 is 1.92 bits per heavy atom. The molecule has 0 unspecified atom stereocenters. The topological polar surface area (TPSA) is 65.7 Å². The van der Waals surface area contributed by atoms with E-state index in [0.717, 1.165) is 44.1 Å². The maximum Gasteiger partial charge on any atom is 0.252 e. The summed E-state index contributed by atoms with van der Waals surface area (Å²) in [5.74, 6) is 0. The number of benzene rings is 2. The molecule has 0 fully saturated rings. The molecule has 128 valence electrons. The number of hydrogen-bond acceptors (Lipinski definition) is 2. The fourth-order valence-corrected chi connectivity index (χ4v) is 4.21. The molecule has 5 rings (SSSR count). The molecule has 0 atom stereocenters. The largest absolute Gasteiger partial charge is 0.322 e. The summed E-state index contributed by atoms with van der Waals surface area (Å²) in [4.78, 5) is 31.3. The van der Waals surface area contributed by atoms with Crippen molar-refractivity contribution < 1.29 is 0 Å². The fourth-order valence-electron chi connectivity index (χ4n) is 4.03. The number of rotatable bonds is 0. The normalized spacial score (nSPS) is 13.0. The first kappa shape index (κ1) is 15.4. The van der Waals surface area contributed by atoms with Gasteiger partial charge in [0.2, 0.25) is 0 Å². The van der Waals surface area contributed by atoms with Gasteiger partial charge in [0, 0.05) is 45.3 Å². The first-order chi connectivity index (χ1) is 12.5. The first-order valence-electron chi connectivity index (χ1n) is 8.49. The molecule has 0 bridgehead atoms. The van der Waals surface area contributed by atoms with Crippen LogP contribution in [0.4, 0.5) is 0 Å². The Balaban J connectivity index is 1.84. The first-order valence-corrected chi connectivity index (χ1v) is 8.87. The molecular formula is C21H15ClN2O2. The lowest BCUT2D eigenvalue weighted by molar-refractivity contribution is 0.963. The molecule has 5 heteroatoms. The van der Waals surface area contributed by atoms with Crippen molar-refractivity contribution in [1.29, 1.82) is 0 Å². The van der Waals surface area contributed by atoms with Crippen LogP contribution in [-0.2, 0) is 12.8 Å². The number of pyridine rings is 2. The predicted molar refractivity (Wildman–Crippen MR) is 104 cm³/mol. The van der Waals surface area contributed by atoms with Crippen molar-refractivity contribution >= 4 is 33.4 Å². The molecule has 0 aliphatic heterocycles. The second-order valence-corrected chi connectivity index (χ2v) is 7.35. The number of H-pyrrole nitrogens is 2. The van der Waals surface area contributed by atoms with E-state index in [1.54, 1.807) is 6.07 Å². The van der Waals surface area contributed by atoms with Crippen LogP contribution in [0.1, 0.15) is 27.8 Å². The van der Waals surface area contributed by atoms with Crippen molar-refractivity contribution in [2.45, 2.75) is 19.8 Å². The maximum atomic E-state index is 12.7. The Hall–Kier alpha value is -2.85. The summed E-state index contributed by atoms with van der Waals surface area (Å²) in [5, 5.41) is 2.52. The highest BCUT2D eigenvalue weighted by Crippen LogP contribution is 2.32. The van der Waals surface area contributed by atoms with Gasteiger partial charge in [-0.1, -0.05) is 29.8 Å². The van der Waals surface area contributed by atoms with Gasteiger partial charge in [-0.05, 0) is 41.8 Å². The summed E-state index contributed by atoms with van der Waals surface area (Å²) in [6, 6.07) is 11.5. The maximum absolute atomic E-state index is 12.7. The standard InChI is InChI=1S/C21H15ClN2O2/c1-10-2-4-12-14-8-17-15(9-16(14)20(25)23-18(12)6-10)13-5-3-11(22)7-19(13)24-21(17)26/h2-7H,8-9H2,1H3,(H,23,25)(H,24,26). The van der Waals surface area contributed by atoms with Crippen molar-refractivity contribution in [3.63, 3.8) is 0 Å². The van der Waals surface area contributed by atoms with Crippen molar-refractivity contribution in [3.8, 4) is 0 Å². The molecule has 4 aromatic rings. The van der Waals surface area contributed by atoms with E-state index in [9.17, 15) is 9.59 Å². The molecule has 26 heavy (non-hydrogen) atoms. The zero-order valence-corrected chi connectivity index (χ0v) is 14.8. The number of aromatic nitrogens is 2. The molecule has 0 saturated carbocycles. The van der Waals surface area contributed by atoms with E-state index in [-0.39, 0.29) is 11.1 Å². The van der Waals surface area contributed by atoms with Gasteiger partial charge >= 0.3 is 0 Å². The van der Waals surface area contributed by atoms with Gasteiger partial charge in [-0.25, -0.2) is 0 Å². The van der Waals surface area contributed by atoms with E-state index >= 15 is 0 Å². The number of aryl methyl sites for hydroxylation is 1. The van der Waals surface area contributed by atoms with Gasteiger partial charge in [0.1, 0.15) is 0 Å². The average Bonchev–Trinajstić information content (AvgIpc) is 2.60. The van der Waals surface area contributed by atoms with Crippen molar-refractivity contribution in [2.75, 3.05) is 0 Å². The zero-order valence-electron chi connectivity index (χ0n) is 14.1. The lowest BCUT2D eigenvalue weighted by atomic mass is 9.84. The lowest BCUT2D eigenvalue weighted by Gasteiger charge is -2.21. The Morgan fingerprint density at radius 1 is 0.769 bits per heavy atom. The van der Waals surface area contributed by atoms with E-state index in [1.807, 2.05) is 37.3 Å². The molecule has 0 amide bonds. The van der Waals surface area contributed by atoms with Gasteiger partial charge in [-0.15, -0.1) is 0 Å². The SMILES string of the molecule is Cc1ccc2c3c(c(=O)[nH]c2c1)Cc1c(c(=O)[nH]c2cc(Cl)ccc12)C3. The minimum atomic E-state index is -0.110. The number of nitrogens with one attached hydrogen (secondary N) is 2. The van der Waals surface area contributed by atoms with E-state index in [0.29, 0.717) is 23.4 Å². The highest BCUT2D eigenvalue weighted by molar-refractivity contribution is 6.31. The van der Waals surface area contributed by atoms with E-state index < -0.39 is 0 Å². The number of halogens is 1. The molecular weight excluding hydrogens is 348 g/mol. The third kappa shape index (κ3) is 2.15. The smallest absolute Gasteiger partial charge is 0.252 e.